The van der Waals surface area contributed by atoms with Crippen LogP contribution in [0.25, 0.3) is 32.8 Å². The minimum atomic E-state index is 0.434. The molecule has 0 atom stereocenters. The van der Waals surface area contributed by atoms with Crippen LogP contribution in [0, 0.1) is 0 Å². The van der Waals surface area contributed by atoms with Crippen molar-refractivity contribution in [3.63, 3.8) is 0 Å². The van der Waals surface area contributed by atoms with Gasteiger partial charge < -0.3 is 5.73 Å². The number of pyridine rings is 1. The number of fused-ring (bicyclic) bond motifs is 3. The number of benzene rings is 3. The molecule has 0 saturated carbocycles. The van der Waals surface area contributed by atoms with Crippen LogP contribution in [0.2, 0.25) is 0 Å². The lowest BCUT2D eigenvalue weighted by Gasteiger charge is -2.11. The Morgan fingerprint density at radius 3 is 2.32 bits per heavy atom. The minimum absolute atomic E-state index is 0.434. The van der Waals surface area contributed by atoms with Gasteiger partial charge in [0, 0.05) is 22.9 Å². The van der Waals surface area contributed by atoms with Crippen LogP contribution in [0.3, 0.4) is 0 Å². The summed E-state index contributed by atoms with van der Waals surface area (Å²) >= 11 is 0. The summed E-state index contributed by atoms with van der Waals surface area (Å²) < 4.78 is 0. The highest BCUT2D eigenvalue weighted by Gasteiger charge is 2.09. The second-order valence-corrected chi connectivity index (χ2v) is 5.41. The standard InChI is InChI=1S/C20H16N2/c21-13-19-18(14-6-2-1-3-7-14)12-16-11-10-15-8-4-5-9-17(15)20(16)22-19/h1-12H,13,21H2. The van der Waals surface area contributed by atoms with E-state index in [4.69, 9.17) is 10.7 Å². The lowest BCUT2D eigenvalue weighted by Crippen LogP contribution is -2.03. The van der Waals surface area contributed by atoms with Crippen molar-refractivity contribution in [2.24, 2.45) is 5.73 Å². The maximum atomic E-state index is 5.96. The molecule has 0 amide bonds. The summed E-state index contributed by atoms with van der Waals surface area (Å²) in [6.07, 6.45) is 0. The predicted molar refractivity (Wildman–Crippen MR) is 92.6 cm³/mol. The Bertz CT molecular complexity index is 959. The van der Waals surface area contributed by atoms with E-state index in [-0.39, 0.29) is 0 Å². The first kappa shape index (κ1) is 13.0. The van der Waals surface area contributed by atoms with Crippen LogP contribution in [0.4, 0.5) is 0 Å². The van der Waals surface area contributed by atoms with Crippen LogP contribution in [0.15, 0.2) is 72.8 Å². The van der Waals surface area contributed by atoms with Crippen LogP contribution in [-0.4, -0.2) is 4.98 Å². The third-order valence-electron chi connectivity index (χ3n) is 4.07. The van der Waals surface area contributed by atoms with Crippen molar-refractivity contribution in [2.45, 2.75) is 6.54 Å². The van der Waals surface area contributed by atoms with E-state index in [1.807, 2.05) is 18.2 Å². The summed E-state index contributed by atoms with van der Waals surface area (Å²) in [6.45, 7) is 0.434. The van der Waals surface area contributed by atoms with E-state index >= 15 is 0 Å². The normalized spacial score (nSPS) is 11.1. The molecule has 0 aliphatic rings. The first-order chi connectivity index (χ1) is 10.9. The maximum absolute atomic E-state index is 5.96. The monoisotopic (exact) mass is 284 g/mol. The molecule has 0 spiro atoms. The number of hydrogen-bond acceptors (Lipinski definition) is 2. The van der Waals surface area contributed by atoms with Crippen LogP contribution in [-0.2, 0) is 6.54 Å². The summed E-state index contributed by atoms with van der Waals surface area (Å²) in [5.74, 6) is 0. The van der Waals surface area contributed by atoms with Gasteiger partial charge in [-0.25, -0.2) is 0 Å². The zero-order chi connectivity index (χ0) is 14.9. The lowest BCUT2D eigenvalue weighted by atomic mass is 9.99. The third-order valence-corrected chi connectivity index (χ3v) is 4.07. The summed E-state index contributed by atoms with van der Waals surface area (Å²) in [6, 6.07) is 25.1. The molecule has 0 bridgehead atoms. The van der Waals surface area contributed by atoms with Crippen molar-refractivity contribution in [1.82, 2.24) is 4.98 Å². The van der Waals surface area contributed by atoms with Crippen molar-refractivity contribution in [3.05, 3.63) is 78.5 Å². The van der Waals surface area contributed by atoms with E-state index in [9.17, 15) is 0 Å². The first-order valence-corrected chi connectivity index (χ1v) is 7.44. The number of nitrogens with two attached hydrogens (primary N) is 1. The van der Waals surface area contributed by atoms with E-state index in [1.54, 1.807) is 0 Å². The number of nitrogens with zero attached hydrogens (tertiary/aromatic N) is 1. The van der Waals surface area contributed by atoms with Crippen molar-refractivity contribution in [1.29, 1.82) is 0 Å². The molecule has 0 saturated heterocycles. The molecule has 3 aromatic carbocycles. The van der Waals surface area contributed by atoms with Crippen molar-refractivity contribution in [3.8, 4) is 11.1 Å². The SMILES string of the molecule is NCc1nc2c(ccc3ccccc32)cc1-c1ccccc1. The number of rotatable bonds is 2. The van der Waals surface area contributed by atoms with E-state index in [1.165, 1.54) is 10.8 Å². The quantitative estimate of drug-likeness (QED) is 0.550. The highest BCUT2D eigenvalue weighted by molar-refractivity contribution is 6.06. The van der Waals surface area contributed by atoms with Gasteiger partial charge in [-0.05, 0) is 17.0 Å². The van der Waals surface area contributed by atoms with Gasteiger partial charge in [-0.2, -0.15) is 0 Å². The Balaban J connectivity index is 2.06. The molecule has 2 heteroatoms. The lowest BCUT2D eigenvalue weighted by molar-refractivity contribution is 1.01. The average Bonchev–Trinajstić information content (AvgIpc) is 2.61. The van der Waals surface area contributed by atoms with Crippen LogP contribution in [0.1, 0.15) is 5.69 Å². The number of aromatic nitrogens is 1. The molecule has 0 unspecified atom stereocenters. The molecule has 1 heterocycles. The largest absolute Gasteiger partial charge is 0.325 e. The van der Waals surface area contributed by atoms with Gasteiger partial charge in [-0.1, -0.05) is 66.7 Å². The fraction of sp³-hybridized carbons (Fsp3) is 0.0500. The van der Waals surface area contributed by atoms with Gasteiger partial charge in [0.05, 0.1) is 11.2 Å². The molecular weight excluding hydrogens is 268 g/mol. The molecule has 1 aromatic heterocycles. The summed E-state index contributed by atoms with van der Waals surface area (Å²) in [5.41, 5.74) is 10.2. The molecule has 0 fully saturated rings. The molecule has 22 heavy (non-hydrogen) atoms. The van der Waals surface area contributed by atoms with Crippen molar-refractivity contribution >= 4 is 21.7 Å². The second-order valence-electron chi connectivity index (χ2n) is 5.41. The first-order valence-electron chi connectivity index (χ1n) is 7.44. The highest BCUT2D eigenvalue weighted by atomic mass is 14.7. The fourth-order valence-corrected chi connectivity index (χ4v) is 2.97. The van der Waals surface area contributed by atoms with Gasteiger partial charge in [0.15, 0.2) is 0 Å². The van der Waals surface area contributed by atoms with E-state index in [0.717, 1.165) is 27.7 Å². The van der Waals surface area contributed by atoms with Gasteiger partial charge >= 0.3 is 0 Å². The molecule has 0 aliphatic carbocycles. The molecular formula is C20H16N2. The molecule has 106 valence electrons. The molecule has 4 aromatic rings. The van der Waals surface area contributed by atoms with E-state index in [2.05, 4.69) is 54.6 Å². The second kappa shape index (κ2) is 5.24. The van der Waals surface area contributed by atoms with Gasteiger partial charge in [0.2, 0.25) is 0 Å². The van der Waals surface area contributed by atoms with E-state index in [0.29, 0.717) is 6.54 Å². The summed E-state index contributed by atoms with van der Waals surface area (Å²) in [7, 11) is 0. The van der Waals surface area contributed by atoms with Crippen LogP contribution >= 0.6 is 0 Å². The van der Waals surface area contributed by atoms with Crippen LogP contribution in [0.5, 0.6) is 0 Å². The topological polar surface area (TPSA) is 38.9 Å². The van der Waals surface area contributed by atoms with Gasteiger partial charge in [-0.15, -0.1) is 0 Å². The van der Waals surface area contributed by atoms with Crippen molar-refractivity contribution < 1.29 is 0 Å². The predicted octanol–water partition coefficient (Wildman–Crippen LogP) is 4.51. The Labute approximate surface area is 129 Å². The Kier molecular flexibility index (Phi) is 3.10. The molecule has 2 N–H and O–H groups in total. The van der Waals surface area contributed by atoms with Gasteiger partial charge in [0.1, 0.15) is 0 Å². The van der Waals surface area contributed by atoms with Gasteiger partial charge in [-0.3, -0.25) is 4.98 Å². The Hall–Kier alpha value is -2.71. The van der Waals surface area contributed by atoms with Crippen molar-refractivity contribution in [2.75, 3.05) is 0 Å². The summed E-state index contributed by atoms with van der Waals surface area (Å²) in [5, 5.41) is 3.53. The zero-order valence-electron chi connectivity index (χ0n) is 12.2. The molecule has 2 nitrogen and oxygen atoms in total. The van der Waals surface area contributed by atoms with E-state index < -0.39 is 0 Å². The average molecular weight is 284 g/mol. The highest BCUT2D eigenvalue weighted by Crippen LogP contribution is 2.30. The molecule has 0 aliphatic heterocycles. The number of hydrogen-bond donors (Lipinski definition) is 1. The zero-order valence-corrected chi connectivity index (χ0v) is 12.2. The Morgan fingerprint density at radius 1 is 0.773 bits per heavy atom. The van der Waals surface area contributed by atoms with Crippen LogP contribution < -0.4 is 5.73 Å². The van der Waals surface area contributed by atoms with Gasteiger partial charge in [0.25, 0.3) is 0 Å². The minimum Gasteiger partial charge on any atom is -0.325 e. The Morgan fingerprint density at radius 2 is 1.50 bits per heavy atom. The maximum Gasteiger partial charge on any atom is 0.0784 e. The molecule has 0 radical (unpaired) electrons. The smallest absolute Gasteiger partial charge is 0.0784 e. The summed E-state index contributed by atoms with van der Waals surface area (Å²) in [4.78, 5) is 4.87. The fourth-order valence-electron chi connectivity index (χ4n) is 2.97. The molecule has 4 rings (SSSR count). The third kappa shape index (κ3) is 2.05.